The topological polar surface area (TPSA) is 88.6 Å². The van der Waals surface area contributed by atoms with Crippen molar-refractivity contribution in [1.82, 2.24) is 4.98 Å². The number of nitrogens with zero attached hydrogens (tertiary/aromatic N) is 2. The molecule has 3 heterocycles. The molecule has 2 fully saturated rings. The van der Waals surface area contributed by atoms with E-state index in [-0.39, 0.29) is 29.6 Å². The molecule has 2 unspecified atom stereocenters. The molecule has 8 heteroatoms. The van der Waals surface area contributed by atoms with Crippen LogP contribution in [0.25, 0.3) is 0 Å². The molecule has 23 heavy (non-hydrogen) atoms. The summed E-state index contributed by atoms with van der Waals surface area (Å²) in [5.41, 5.74) is 0.835. The van der Waals surface area contributed by atoms with Gasteiger partial charge >= 0.3 is 0 Å². The number of aromatic nitrogens is 1. The first kappa shape index (κ1) is 16.2. The van der Waals surface area contributed by atoms with Crippen molar-refractivity contribution in [3.63, 3.8) is 0 Å². The lowest BCUT2D eigenvalue weighted by Gasteiger charge is -2.25. The van der Waals surface area contributed by atoms with Crippen LogP contribution in [0.5, 0.6) is 0 Å². The summed E-state index contributed by atoms with van der Waals surface area (Å²) < 4.78 is 28.5. The molecule has 1 aromatic heterocycles. The highest BCUT2D eigenvalue weighted by atomic mass is 32.2. The second-order valence-corrected chi connectivity index (χ2v) is 8.29. The smallest absolute Gasteiger partial charge is 0.254 e. The Labute approximate surface area is 135 Å². The van der Waals surface area contributed by atoms with Gasteiger partial charge in [0.15, 0.2) is 9.84 Å². The van der Waals surface area contributed by atoms with Gasteiger partial charge in [0.2, 0.25) is 0 Å². The Morgan fingerprint density at radius 1 is 1.39 bits per heavy atom. The average molecular weight is 339 g/mol. The van der Waals surface area contributed by atoms with Crippen LogP contribution in [0.3, 0.4) is 0 Å². The van der Waals surface area contributed by atoms with Crippen molar-refractivity contribution in [2.45, 2.75) is 31.4 Å². The number of anilines is 2. The highest BCUT2D eigenvalue weighted by Crippen LogP contribution is 2.23. The first-order chi connectivity index (χ1) is 10.9. The van der Waals surface area contributed by atoms with Crippen LogP contribution in [0.2, 0.25) is 0 Å². The van der Waals surface area contributed by atoms with E-state index >= 15 is 0 Å². The molecule has 0 spiro atoms. The van der Waals surface area contributed by atoms with Gasteiger partial charge in [0.25, 0.3) is 5.91 Å². The standard InChI is InChI=1S/C15H21N3O4S/c1-18(12-6-8-23(20,21)10-12)11-4-5-14(16-9-11)17-15(19)13-3-2-7-22-13/h4-5,9,12-13H,2-3,6-8,10H2,1H3,(H,16,17,19). The molecule has 2 atom stereocenters. The molecule has 2 saturated heterocycles. The maximum atomic E-state index is 12.0. The zero-order valence-electron chi connectivity index (χ0n) is 13.1. The first-order valence-electron chi connectivity index (χ1n) is 7.76. The minimum atomic E-state index is -2.92. The predicted octanol–water partition coefficient (Wildman–Crippen LogP) is 0.822. The number of sulfone groups is 1. The molecule has 7 nitrogen and oxygen atoms in total. The van der Waals surface area contributed by atoms with Crippen LogP contribution >= 0.6 is 0 Å². The molecule has 0 saturated carbocycles. The number of hydrogen-bond acceptors (Lipinski definition) is 6. The molecular weight excluding hydrogens is 318 g/mol. The average Bonchev–Trinajstić information content (AvgIpc) is 3.17. The third-order valence-corrected chi connectivity index (χ3v) is 6.14. The third kappa shape index (κ3) is 3.81. The summed E-state index contributed by atoms with van der Waals surface area (Å²) in [5.74, 6) is 0.728. The van der Waals surface area contributed by atoms with E-state index in [4.69, 9.17) is 4.74 Å². The Kier molecular flexibility index (Phi) is 4.54. The number of ether oxygens (including phenoxy) is 1. The molecule has 0 aromatic carbocycles. The van der Waals surface area contributed by atoms with E-state index in [1.165, 1.54) is 0 Å². The van der Waals surface area contributed by atoms with Gasteiger partial charge in [-0.15, -0.1) is 0 Å². The summed E-state index contributed by atoms with van der Waals surface area (Å²) in [6.45, 7) is 0.625. The monoisotopic (exact) mass is 339 g/mol. The Hall–Kier alpha value is -1.67. The Bertz CT molecular complexity index is 668. The highest BCUT2D eigenvalue weighted by molar-refractivity contribution is 7.91. The lowest BCUT2D eigenvalue weighted by Crippen LogP contribution is -2.32. The summed E-state index contributed by atoms with van der Waals surface area (Å²) in [5, 5.41) is 2.74. The van der Waals surface area contributed by atoms with Crippen molar-refractivity contribution in [2.75, 3.05) is 35.4 Å². The van der Waals surface area contributed by atoms with Crippen LogP contribution in [-0.4, -0.2) is 56.6 Å². The molecule has 1 amide bonds. The van der Waals surface area contributed by atoms with Crippen LogP contribution < -0.4 is 10.2 Å². The van der Waals surface area contributed by atoms with E-state index < -0.39 is 9.84 Å². The van der Waals surface area contributed by atoms with Crippen LogP contribution in [0, 0.1) is 0 Å². The molecule has 0 bridgehead atoms. The molecule has 0 aliphatic carbocycles. The zero-order valence-corrected chi connectivity index (χ0v) is 13.9. The fraction of sp³-hybridized carbons (Fsp3) is 0.600. The van der Waals surface area contributed by atoms with E-state index in [1.54, 1.807) is 12.3 Å². The van der Waals surface area contributed by atoms with Gasteiger partial charge in [-0.2, -0.15) is 0 Å². The Balaban J connectivity index is 1.61. The third-order valence-electron chi connectivity index (χ3n) is 4.38. The zero-order chi connectivity index (χ0) is 16.4. The van der Waals surface area contributed by atoms with Gasteiger partial charge < -0.3 is 15.0 Å². The molecule has 0 radical (unpaired) electrons. The van der Waals surface area contributed by atoms with Crippen LogP contribution in [0.15, 0.2) is 18.3 Å². The minimum Gasteiger partial charge on any atom is -0.369 e. The summed E-state index contributed by atoms with van der Waals surface area (Å²) >= 11 is 0. The number of rotatable bonds is 4. The molecule has 126 valence electrons. The van der Waals surface area contributed by atoms with Crippen LogP contribution in [0.4, 0.5) is 11.5 Å². The molecule has 2 aliphatic rings. The van der Waals surface area contributed by atoms with E-state index in [9.17, 15) is 13.2 Å². The van der Waals surface area contributed by atoms with Crippen molar-refractivity contribution in [3.05, 3.63) is 18.3 Å². The lowest BCUT2D eigenvalue weighted by molar-refractivity contribution is -0.124. The van der Waals surface area contributed by atoms with E-state index in [2.05, 4.69) is 10.3 Å². The summed E-state index contributed by atoms with van der Waals surface area (Å²) in [6, 6.07) is 3.54. The Morgan fingerprint density at radius 3 is 2.78 bits per heavy atom. The minimum absolute atomic E-state index is 0.0193. The van der Waals surface area contributed by atoms with Crippen LogP contribution in [-0.2, 0) is 19.4 Å². The van der Waals surface area contributed by atoms with Crippen molar-refractivity contribution in [3.8, 4) is 0 Å². The van der Waals surface area contributed by atoms with Crippen molar-refractivity contribution in [1.29, 1.82) is 0 Å². The second kappa shape index (κ2) is 6.45. The molecule has 1 aromatic rings. The van der Waals surface area contributed by atoms with Gasteiger partial charge in [0.1, 0.15) is 11.9 Å². The van der Waals surface area contributed by atoms with Gasteiger partial charge in [-0.05, 0) is 31.4 Å². The fourth-order valence-electron chi connectivity index (χ4n) is 2.95. The number of nitrogens with one attached hydrogen (secondary N) is 1. The number of hydrogen-bond donors (Lipinski definition) is 1. The first-order valence-corrected chi connectivity index (χ1v) is 9.58. The molecule has 1 N–H and O–H groups in total. The lowest BCUT2D eigenvalue weighted by atomic mass is 10.2. The highest BCUT2D eigenvalue weighted by Gasteiger charge is 2.31. The van der Waals surface area contributed by atoms with Gasteiger partial charge in [-0.1, -0.05) is 0 Å². The van der Waals surface area contributed by atoms with Gasteiger partial charge in [0.05, 0.1) is 23.4 Å². The van der Waals surface area contributed by atoms with Crippen molar-refractivity contribution < 1.29 is 17.9 Å². The number of amides is 1. The second-order valence-electron chi connectivity index (χ2n) is 6.06. The van der Waals surface area contributed by atoms with Crippen molar-refractivity contribution >= 4 is 27.2 Å². The van der Waals surface area contributed by atoms with E-state index in [0.717, 1.165) is 18.5 Å². The SMILES string of the molecule is CN(c1ccc(NC(=O)C2CCCO2)nc1)C1CCS(=O)(=O)C1. The maximum absolute atomic E-state index is 12.0. The summed E-state index contributed by atoms with van der Waals surface area (Å²) in [6.07, 6.45) is 3.54. The molecule has 2 aliphatic heterocycles. The molecule has 3 rings (SSSR count). The maximum Gasteiger partial charge on any atom is 0.254 e. The summed E-state index contributed by atoms with van der Waals surface area (Å²) in [7, 11) is -1.05. The summed E-state index contributed by atoms with van der Waals surface area (Å²) in [4.78, 5) is 18.1. The van der Waals surface area contributed by atoms with Gasteiger partial charge in [-0.25, -0.2) is 13.4 Å². The quantitative estimate of drug-likeness (QED) is 0.874. The Morgan fingerprint density at radius 2 is 2.22 bits per heavy atom. The van der Waals surface area contributed by atoms with Gasteiger partial charge in [-0.3, -0.25) is 4.79 Å². The van der Waals surface area contributed by atoms with Gasteiger partial charge in [0, 0.05) is 19.7 Å². The normalized spacial score (nSPS) is 26.1. The fourth-order valence-corrected chi connectivity index (χ4v) is 4.73. The van der Waals surface area contributed by atoms with Crippen LogP contribution in [0.1, 0.15) is 19.3 Å². The molecular formula is C15H21N3O4S. The largest absolute Gasteiger partial charge is 0.369 e. The number of pyridine rings is 1. The predicted molar refractivity (Wildman–Crippen MR) is 87.3 cm³/mol. The van der Waals surface area contributed by atoms with E-state index in [0.29, 0.717) is 18.8 Å². The van der Waals surface area contributed by atoms with Crippen molar-refractivity contribution in [2.24, 2.45) is 0 Å². The number of carbonyl (C=O) groups excluding carboxylic acids is 1. The van der Waals surface area contributed by atoms with E-state index in [1.807, 2.05) is 18.0 Å². The number of carbonyl (C=O) groups is 1.